The number of ether oxygens (including phenoxy) is 2. The molecule has 4 N–H and O–H groups in total. The molecule has 0 spiro atoms. The molecule has 5 heterocycles. The number of pyridine rings is 1. The highest BCUT2D eigenvalue weighted by molar-refractivity contribution is 5.97. The SMILES string of the molecule is CCn1c(-c2cccnc2[C@H](C)OC)c2c3cc(ccc31)-c1cc(O)cc(c1)C[C@H](NC(=O)C(C(C)C)N(C)C(=O)[C@@H](C)N(C)C(=O)[C@H]1CN1)C(=O)N1CCC[C@H](N1)C(=O)OCC(C)(C)C2. The molecule has 3 aliphatic rings. The predicted molar refractivity (Wildman–Crippen MR) is 251 cm³/mol. The van der Waals surface area contributed by atoms with E-state index in [9.17, 15) is 29.1 Å². The number of nitrogens with zero attached hydrogens (tertiary/aromatic N) is 5. The van der Waals surface area contributed by atoms with Gasteiger partial charge < -0.3 is 39.6 Å². The van der Waals surface area contributed by atoms with Gasteiger partial charge >= 0.3 is 5.97 Å². The molecule has 66 heavy (non-hydrogen) atoms. The third kappa shape index (κ3) is 9.96. The maximum atomic E-state index is 14.7. The molecule has 2 fully saturated rings. The summed E-state index contributed by atoms with van der Waals surface area (Å²) in [5.74, 6) is -2.58. The minimum absolute atomic E-state index is 0.0189. The molecule has 1 unspecified atom stereocenters. The molecule has 6 bridgehead atoms. The summed E-state index contributed by atoms with van der Waals surface area (Å²) in [6, 6.07) is 11.2. The lowest BCUT2D eigenvalue weighted by atomic mass is 9.84. The number of carbonyl (C=O) groups excluding carboxylic acids is 5. The number of rotatable bonds is 11. The number of esters is 1. The second kappa shape index (κ2) is 19.6. The van der Waals surface area contributed by atoms with E-state index in [0.29, 0.717) is 43.5 Å². The molecule has 2 aromatic carbocycles. The molecule has 4 amide bonds. The summed E-state index contributed by atoms with van der Waals surface area (Å²) in [6.45, 7) is 15.1. The highest BCUT2D eigenvalue weighted by Crippen LogP contribution is 2.42. The summed E-state index contributed by atoms with van der Waals surface area (Å²) in [5.41, 5.74) is 9.48. The van der Waals surface area contributed by atoms with E-state index >= 15 is 0 Å². The Morgan fingerprint density at radius 1 is 1.05 bits per heavy atom. The fraction of sp³-hybridized carbons (Fsp3) is 0.520. The number of aryl methyl sites for hydroxylation is 1. The van der Waals surface area contributed by atoms with Gasteiger partial charge in [-0.25, -0.2) is 5.43 Å². The molecule has 2 saturated heterocycles. The number of aromatic hydroxyl groups is 1. The minimum Gasteiger partial charge on any atom is -0.508 e. The van der Waals surface area contributed by atoms with Crippen LogP contribution in [0.3, 0.4) is 0 Å². The molecular weight excluding hydrogens is 841 g/mol. The molecular formula is C50H66N8O8. The average Bonchev–Trinajstić information content (AvgIpc) is 4.11. The number of aromatic nitrogens is 2. The van der Waals surface area contributed by atoms with E-state index in [0.717, 1.165) is 39.0 Å². The fourth-order valence-corrected chi connectivity index (χ4v) is 9.52. The average molecular weight is 907 g/mol. The van der Waals surface area contributed by atoms with Crippen LogP contribution >= 0.6 is 0 Å². The zero-order valence-corrected chi connectivity index (χ0v) is 39.9. The Kier molecular flexibility index (Phi) is 14.3. The highest BCUT2D eigenvalue weighted by Gasteiger charge is 2.41. The van der Waals surface area contributed by atoms with Crippen molar-refractivity contribution >= 4 is 40.5 Å². The van der Waals surface area contributed by atoms with Crippen molar-refractivity contribution in [2.45, 2.75) is 117 Å². The van der Waals surface area contributed by atoms with E-state index in [1.807, 2.05) is 39.0 Å². The van der Waals surface area contributed by atoms with Gasteiger partial charge in [0.05, 0.1) is 30.1 Å². The van der Waals surface area contributed by atoms with Gasteiger partial charge in [-0.3, -0.25) is 34.0 Å². The summed E-state index contributed by atoms with van der Waals surface area (Å²) in [4.78, 5) is 77.4. The van der Waals surface area contributed by atoms with E-state index < -0.39 is 53.3 Å². The number of phenolic OH excluding ortho intramolecular Hbond substituents is 1. The first kappa shape index (κ1) is 48.1. The van der Waals surface area contributed by atoms with Gasteiger partial charge in [0.1, 0.15) is 29.9 Å². The summed E-state index contributed by atoms with van der Waals surface area (Å²) in [5, 5.41) is 19.6. The predicted octanol–water partition coefficient (Wildman–Crippen LogP) is 4.75. The second-order valence-electron chi connectivity index (χ2n) is 19.3. The monoisotopic (exact) mass is 907 g/mol. The Balaban J connectivity index is 1.31. The summed E-state index contributed by atoms with van der Waals surface area (Å²) in [7, 11) is 4.77. The minimum atomic E-state index is -1.18. The Morgan fingerprint density at radius 3 is 2.47 bits per heavy atom. The number of amides is 4. The zero-order valence-electron chi connectivity index (χ0n) is 39.9. The number of benzene rings is 2. The van der Waals surface area contributed by atoms with Gasteiger partial charge in [0.2, 0.25) is 17.7 Å². The number of hydrogen-bond donors (Lipinski definition) is 4. The Bertz CT molecular complexity index is 2500. The first-order chi connectivity index (χ1) is 31.3. The van der Waals surface area contributed by atoms with Crippen molar-refractivity contribution in [2.75, 3.05) is 40.9 Å². The van der Waals surface area contributed by atoms with Crippen molar-refractivity contribution in [1.29, 1.82) is 0 Å². The second-order valence-corrected chi connectivity index (χ2v) is 19.3. The number of likely N-dealkylation sites (N-methyl/N-ethyl adjacent to an activating group) is 2. The third-order valence-electron chi connectivity index (χ3n) is 13.3. The first-order valence-electron chi connectivity index (χ1n) is 23.1. The number of fused-ring (bicyclic) bond motifs is 6. The van der Waals surface area contributed by atoms with Crippen LogP contribution in [0.25, 0.3) is 33.3 Å². The van der Waals surface area contributed by atoms with Crippen molar-refractivity contribution in [3.8, 4) is 28.1 Å². The van der Waals surface area contributed by atoms with Gasteiger partial charge in [-0.2, -0.15) is 0 Å². The molecule has 0 aliphatic carbocycles. The molecule has 354 valence electrons. The fourth-order valence-electron chi connectivity index (χ4n) is 9.52. The normalized spacial score (nSPS) is 21.1. The van der Waals surface area contributed by atoms with E-state index in [-0.39, 0.29) is 49.3 Å². The van der Waals surface area contributed by atoms with Gasteiger partial charge in [0.25, 0.3) is 5.91 Å². The van der Waals surface area contributed by atoms with Crippen LogP contribution in [0, 0.1) is 11.3 Å². The van der Waals surface area contributed by atoms with Gasteiger partial charge in [-0.1, -0.05) is 39.8 Å². The molecule has 0 radical (unpaired) electrons. The molecule has 7 rings (SSSR count). The number of carbonyl (C=O) groups is 5. The third-order valence-corrected chi connectivity index (χ3v) is 13.3. The zero-order chi connectivity index (χ0) is 47.8. The molecule has 6 atom stereocenters. The topological polar surface area (TPSA) is 198 Å². The van der Waals surface area contributed by atoms with Gasteiger partial charge in [-0.15, -0.1) is 0 Å². The molecule has 0 saturated carbocycles. The van der Waals surface area contributed by atoms with Crippen LogP contribution < -0.4 is 16.1 Å². The molecule has 2 aromatic heterocycles. The molecule has 3 aliphatic heterocycles. The summed E-state index contributed by atoms with van der Waals surface area (Å²) >= 11 is 0. The van der Waals surface area contributed by atoms with Crippen LogP contribution in [-0.4, -0.2) is 130 Å². The largest absolute Gasteiger partial charge is 0.508 e. The van der Waals surface area contributed by atoms with Gasteiger partial charge in [0, 0.05) is 75.3 Å². The maximum Gasteiger partial charge on any atom is 0.324 e. The van der Waals surface area contributed by atoms with Crippen molar-refractivity contribution < 1.29 is 38.6 Å². The maximum absolute atomic E-state index is 14.7. The number of cyclic esters (lactones) is 1. The lowest BCUT2D eigenvalue weighted by Crippen LogP contribution is -2.62. The van der Waals surface area contributed by atoms with Gasteiger partial charge in [0.15, 0.2) is 0 Å². The van der Waals surface area contributed by atoms with E-state index in [4.69, 9.17) is 14.5 Å². The smallest absolute Gasteiger partial charge is 0.324 e. The van der Waals surface area contributed by atoms with Crippen LogP contribution in [0.1, 0.15) is 84.2 Å². The van der Waals surface area contributed by atoms with Crippen molar-refractivity contribution in [2.24, 2.45) is 11.3 Å². The van der Waals surface area contributed by atoms with Crippen LogP contribution in [-0.2, 0) is 52.8 Å². The standard InChI is InChI=1S/C50H66N8O8/c1-11-57-41-17-16-32-24-36(41)37(44(57)35-14-12-18-51-42(35)30(5)65-10)25-50(6,7)27-66-49(64)38-15-13-19-58(54-38)48(63)39(22-31-20-33(32)23-34(59)21-31)53-45(60)43(28(2)3)56(9)46(61)29(4)55(8)47(62)40-26-52-40/h12,14,16-18,20-21,23-24,28-30,38-40,43,52,54,59H,11,13,15,19,22,25-27H2,1-10H3,(H,53,60)/t29-,30+,38+,39+,40-,43?/m1/s1. The van der Waals surface area contributed by atoms with Crippen molar-refractivity contribution in [3.63, 3.8) is 0 Å². The summed E-state index contributed by atoms with van der Waals surface area (Å²) < 4.78 is 14.2. The Hall–Kier alpha value is -5.84. The number of nitrogens with one attached hydrogen (secondary N) is 3. The Labute approximate surface area is 387 Å². The highest BCUT2D eigenvalue weighted by atomic mass is 16.5. The number of hydrazine groups is 1. The van der Waals surface area contributed by atoms with Crippen LogP contribution in [0.2, 0.25) is 0 Å². The van der Waals surface area contributed by atoms with E-state index in [2.05, 4.69) is 59.6 Å². The van der Waals surface area contributed by atoms with Crippen LogP contribution in [0.15, 0.2) is 54.7 Å². The first-order valence-corrected chi connectivity index (χ1v) is 23.1. The molecule has 16 nitrogen and oxygen atoms in total. The molecule has 16 heteroatoms. The lowest BCUT2D eigenvalue weighted by molar-refractivity contribution is -0.155. The number of methoxy groups -OCH3 is 1. The lowest BCUT2D eigenvalue weighted by Gasteiger charge is -2.37. The van der Waals surface area contributed by atoms with E-state index in [1.165, 1.54) is 21.9 Å². The Morgan fingerprint density at radius 2 is 1.79 bits per heavy atom. The molecule has 4 aromatic rings. The number of hydrogen-bond acceptors (Lipinski definition) is 11. The van der Waals surface area contributed by atoms with Crippen LogP contribution in [0.5, 0.6) is 5.75 Å². The van der Waals surface area contributed by atoms with E-state index in [1.54, 1.807) is 39.4 Å². The van der Waals surface area contributed by atoms with Crippen molar-refractivity contribution in [3.05, 3.63) is 71.5 Å². The quantitative estimate of drug-likeness (QED) is 0.120. The van der Waals surface area contributed by atoms with Crippen molar-refractivity contribution in [1.82, 2.24) is 40.4 Å². The summed E-state index contributed by atoms with van der Waals surface area (Å²) in [6.07, 6.45) is 2.93. The number of phenols is 1. The van der Waals surface area contributed by atoms with Crippen LogP contribution in [0.4, 0.5) is 0 Å². The van der Waals surface area contributed by atoms with Gasteiger partial charge in [-0.05, 0) is 105 Å².